The van der Waals surface area contributed by atoms with Gasteiger partial charge in [-0.15, -0.1) is 0 Å². The molecule has 22 heavy (non-hydrogen) atoms. The van der Waals surface area contributed by atoms with Crippen LogP contribution in [0.3, 0.4) is 0 Å². The molecule has 0 aromatic carbocycles. The van der Waals surface area contributed by atoms with Crippen LogP contribution in [-0.2, 0) is 4.79 Å². The maximum Gasteiger partial charge on any atom is 0.225 e. The van der Waals surface area contributed by atoms with Crippen molar-refractivity contribution >= 4 is 5.91 Å². The first-order valence-electron chi connectivity index (χ1n) is 9.73. The first kappa shape index (κ1) is 16.3. The van der Waals surface area contributed by atoms with Crippen molar-refractivity contribution in [2.45, 2.75) is 64.7 Å². The van der Waals surface area contributed by atoms with Crippen LogP contribution in [-0.4, -0.2) is 48.4 Å². The number of likely N-dealkylation sites (tertiary alicyclic amines) is 2. The molecular weight excluding hydrogens is 272 g/mol. The maximum absolute atomic E-state index is 12.7. The number of rotatable bonds is 3. The minimum atomic E-state index is 0.313. The molecule has 1 aliphatic carbocycles. The fraction of sp³-hybridized carbons (Fsp3) is 0.947. The summed E-state index contributed by atoms with van der Waals surface area (Å²) < 4.78 is 0. The highest BCUT2D eigenvalue weighted by molar-refractivity contribution is 5.79. The van der Waals surface area contributed by atoms with Crippen LogP contribution in [0.2, 0.25) is 0 Å². The summed E-state index contributed by atoms with van der Waals surface area (Å²) >= 11 is 0. The molecule has 2 heterocycles. The van der Waals surface area contributed by atoms with Crippen LogP contribution in [0.1, 0.15) is 64.7 Å². The molecule has 3 rings (SSSR count). The van der Waals surface area contributed by atoms with Gasteiger partial charge in [-0.25, -0.2) is 0 Å². The summed E-state index contributed by atoms with van der Waals surface area (Å²) in [6.45, 7) is 7.88. The lowest BCUT2D eigenvalue weighted by Crippen LogP contribution is -2.46. The highest BCUT2D eigenvalue weighted by Gasteiger charge is 2.31. The number of nitrogens with zero attached hydrogens (tertiary/aromatic N) is 2. The van der Waals surface area contributed by atoms with Crippen LogP contribution < -0.4 is 0 Å². The average molecular weight is 306 g/mol. The van der Waals surface area contributed by atoms with E-state index in [0.29, 0.717) is 17.7 Å². The molecule has 0 N–H and O–H groups in total. The zero-order chi connectivity index (χ0) is 15.4. The van der Waals surface area contributed by atoms with Gasteiger partial charge in [0.25, 0.3) is 0 Å². The Hall–Kier alpha value is -0.570. The third-order valence-electron chi connectivity index (χ3n) is 6.15. The van der Waals surface area contributed by atoms with Gasteiger partial charge in [0, 0.05) is 25.6 Å². The van der Waals surface area contributed by atoms with E-state index in [1.807, 2.05) is 0 Å². The van der Waals surface area contributed by atoms with Gasteiger partial charge in [-0.1, -0.05) is 26.2 Å². The normalized spacial score (nSPS) is 29.7. The van der Waals surface area contributed by atoms with Crippen molar-refractivity contribution in [3.8, 4) is 0 Å². The van der Waals surface area contributed by atoms with Gasteiger partial charge in [0.2, 0.25) is 5.91 Å². The molecule has 126 valence electrons. The van der Waals surface area contributed by atoms with Crippen molar-refractivity contribution in [3.63, 3.8) is 0 Å². The van der Waals surface area contributed by atoms with E-state index in [4.69, 9.17) is 0 Å². The van der Waals surface area contributed by atoms with Gasteiger partial charge < -0.3 is 9.80 Å². The van der Waals surface area contributed by atoms with Crippen molar-refractivity contribution in [2.24, 2.45) is 17.8 Å². The highest BCUT2D eigenvalue weighted by atomic mass is 16.2. The lowest BCUT2D eigenvalue weighted by atomic mass is 9.87. The van der Waals surface area contributed by atoms with E-state index in [0.717, 1.165) is 44.9 Å². The van der Waals surface area contributed by atoms with E-state index < -0.39 is 0 Å². The third-order valence-corrected chi connectivity index (χ3v) is 6.15. The van der Waals surface area contributed by atoms with E-state index in [9.17, 15) is 4.79 Å². The smallest absolute Gasteiger partial charge is 0.225 e. The molecule has 1 saturated carbocycles. The molecule has 0 bridgehead atoms. The fourth-order valence-corrected chi connectivity index (χ4v) is 4.75. The van der Waals surface area contributed by atoms with Crippen LogP contribution in [0.4, 0.5) is 0 Å². The Morgan fingerprint density at radius 2 is 1.64 bits per heavy atom. The van der Waals surface area contributed by atoms with Crippen LogP contribution in [0.25, 0.3) is 0 Å². The van der Waals surface area contributed by atoms with Crippen molar-refractivity contribution in [1.82, 2.24) is 9.80 Å². The zero-order valence-electron chi connectivity index (χ0n) is 14.4. The first-order chi connectivity index (χ1) is 10.7. The summed E-state index contributed by atoms with van der Waals surface area (Å²) in [6.07, 6.45) is 11.9. The number of carbonyl (C=O) groups excluding carboxylic acids is 1. The van der Waals surface area contributed by atoms with E-state index >= 15 is 0 Å². The second kappa shape index (κ2) is 7.81. The summed E-state index contributed by atoms with van der Waals surface area (Å²) in [5.41, 5.74) is 0. The lowest BCUT2D eigenvalue weighted by Gasteiger charge is -2.38. The van der Waals surface area contributed by atoms with Gasteiger partial charge in [0.05, 0.1) is 0 Å². The van der Waals surface area contributed by atoms with Crippen molar-refractivity contribution in [3.05, 3.63) is 0 Å². The molecule has 0 radical (unpaired) electrons. The van der Waals surface area contributed by atoms with E-state index in [1.165, 1.54) is 51.5 Å². The second-order valence-electron chi connectivity index (χ2n) is 8.11. The second-order valence-corrected chi connectivity index (χ2v) is 8.11. The summed E-state index contributed by atoms with van der Waals surface area (Å²) in [7, 11) is 0. The Labute approximate surface area is 136 Å². The molecule has 2 saturated heterocycles. The number of hydrogen-bond donors (Lipinski definition) is 0. The molecule has 3 aliphatic rings. The van der Waals surface area contributed by atoms with Gasteiger partial charge in [0.15, 0.2) is 0 Å². The number of amides is 1. The summed E-state index contributed by atoms with van der Waals surface area (Å²) in [4.78, 5) is 17.5. The molecular formula is C19H34N2O. The molecule has 0 aromatic rings. The molecule has 1 amide bonds. The monoisotopic (exact) mass is 306 g/mol. The van der Waals surface area contributed by atoms with Gasteiger partial charge in [-0.2, -0.15) is 0 Å². The van der Waals surface area contributed by atoms with Crippen LogP contribution in [0.5, 0.6) is 0 Å². The Morgan fingerprint density at radius 1 is 0.909 bits per heavy atom. The predicted molar refractivity (Wildman–Crippen MR) is 90.7 cm³/mol. The lowest BCUT2D eigenvalue weighted by molar-refractivity contribution is -0.138. The topological polar surface area (TPSA) is 23.6 Å². The summed E-state index contributed by atoms with van der Waals surface area (Å²) in [6, 6.07) is 0. The zero-order valence-corrected chi connectivity index (χ0v) is 14.4. The van der Waals surface area contributed by atoms with Crippen LogP contribution >= 0.6 is 0 Å². The van der Waals surface area contributed by atoms with Crippen LogP contribution in [0, 0.1) is 17.8 Å². The molecule has 2 aliphatic heterocycles. The van der Waals surface area contributed by atoms with Gasteiger partial charge >= 0.3 is 0 Å². The highest BCUT2D eigenvalue weighted by Crippen LogP contribution is 2.27. The number of piperidine rings is 2. The van der Waals surface area contributed by atoms with E-state index in [1.54, 1.807) is 0 Å². The van der Waals surface area contributed by atoms with E-state index in [2.05, 4.69) is 16.7 Å². The fourth-order valence-electron chi connectivity index (χ4n) is 4.75. The third kappa shape index (κ3) is 4.24. The Balaban J connectivity index is 1.41. The Morgan fingerprint density at radius 3 is 2.32 bits per heavy atom. The molecule has 1 atom stereocenters. The molecule has 3 heteroatoms. The Kier molecular flexibility index (Phi) is 5.78. The minimum Gasteiger partial charge on any atom is -0.342 e. The maximum atomic E-state index is 12.7. The average Bonchev–Trinajstić information content (AvgIpc) is 2.56. The molecule has 0 aromatic heterocycles. The number of carbonyl (C=O) groups is 1. The van der Waals surface area contributed by atoms with Crippen molar-refractivity contribution in [2.75, 3.05) is 32.7 Å². The first-order valence-corrected chi connectivity index (χ1v) is 9.73. The van der Waals surface area contributed by atoms with E-state index in [-0.39, 0.29) is 0 Å². The number of hydrogen-bond acceptors (Lipinski definition) is 2. The molecule has 0 spiro atoms. The summed E-state index contributed by atoms with van der Waals surface area (Å²) in [5, 5.41) is 0. The van der Waals surface area contributed by atoms with Gasteiger partial charge in [-0.05, 0) is 63.5 Å². The minimum absolute atomic E-state index is 0.313. The van der Waals surface area contributed by atoms with Crippen LogP contribution in [0.15, 0.2) is 0 Å². The van der Waals surface area contributed by atoms with Crippen molar-refractivity contribution in [1.29, 1.82) is 0 Å². The quantitative estimate of drug-likeness (QED) is 0.796. The van der Waals surface area contributed by atoms with Gasteiger partial charge in [-0.3, -0.25) is 4.79 Å². The molecule has 3 fully saturated rings. The SMILES string of the molecule is C[C@@H]1CCCN(C(=O)C2CCN(CC3CCCCC3)CC2)C1. The van der Waals surface area contributed by atoms with Gasteiger partial charge in [0.1, 0.15) is 0 Å². The Bertz CT molecular complexity index is 356. The molecule has 0 unspecified atom stereocenters. The predicted octanol–water partition coefficient (Wildman–Crippen LogP) is 3.54. The summed E-state index contributed by atoms with van der Waals surface area (Å²) in [5.74, 6) is 2.41. The largest absolute Gasteiger partial charge is 0.342 e. The standard InChI is InChI=1S/C19H34N2O/c1-16-6-5-11-21(14-16)19(22)18-9-12-20(13-10-18)15-17-7-3-2-4-8-17/h16-18H,2-15H2,1H3/t16-/m1/s1. The van der Waals surface area contributed by atoms with Crippen molar-refractivity contribution < 1.29 is 4.79 Å². The molecule has 3 nitrogen and oxygen atoms in total.